The molecule has 0 saturated carbocycles. The Morgan fingerprint density at radius 2 is 0.736 bits per heavy atom. The molecule has 0 aliphatic carbocycles. The number of phenols is 1. The molecule has 0 radical (unpaired) electrons. The first-order valence-electron chi connectivity index (χ1n) is 23.0. The van der Waals surface area contributed by atoms with E-state index in [1.54, 1.807) is 27.8 Å². The maximum atomic E-state index is 11.4. The first-order valence-corrected chi connectivity index (χ1v) is 23.0. The van der Waals surface area contributed by atoms with Crippen LogP contribution < -0.4 is 0 Å². The molecule has 1 nitrogen and oxygen atoms in total. The SMILES string of the molecule is CCCCCCCc1cccc(C(C)Cc2cccc(O)c2CC(C)c2cccc(CCCCCCC)c2CCCCCCC)c1CCCCCCC. The minimum absolute atomic E-state index is 0.359. The summed E-state index contributed by atoms with van der Waals surface area (Å²) in [5.74, 6) is 1.25. The molecule has 3 aromatic carbocycles. The quantitative estimate of drug-likeness (QED) is 0.0679. The normalized spacial score (nSPS) is 12.7. The second kappa shape index (κ2) is 27.1. The molecule has 0 heterocycles. The third-order valence-corrected chi connectivity index (χ3v) is 12.1. The van der Waals surface area contributed by atoms with Crippen LogP contribution in [0.1, 0.15) is 226 Å². The van der Waals surface area contributed by atoms with Crippen LogP contribution in [0, 0.1) is 0 Å². The van der Waals surface area contributed by atoms with Crippen LogP contribution >= 0.6 is 0 Å². The molecule has 0 amide bonds. The molecular formula is C52H82O. The lowest BCUT2D eigenvalue weighted by atomic mass is 9.81. The molecule has 0 saturated heterocycles. The van der Waals surface area contributed by atoms with Gasteiger partial charge in [0.15, 0.2) is 0 Å². The van der Waals surface area contributed by atoms with Crippen LogP contribution in [-0.4, -0.2) is 5.11 Å². The van der Waals surface area contributed by atoms with Crippen LogP contribution in [0.2, 0.25) is 0 Å². The molecule has 1 N–H and O–H groups in total. The Labute approximate surface area is 329 Å². The van der Waals surface area contributed by atoms with Crippen molar-refractivity contribution < 1.29 is 5.11 Å². The van der Waals surface area contributed by atoms with E-state index in [0.29, 0.717) is 17.6 Å². The fourth-order valence-corrected chi connectivity index (χ4v) is 8.86. The van der Waals surface area contributed by atoms with Gasteiger partial charge in [0.05, 0.1) is 0 Å². The van der Waals surface area contributed by atoms with Gasteiger partial charge in [-0.15, -0.1) is 0 Å². The first kappa shape index (κ1) is 44.9. The van der Waals surface area contributed by atoms with Crippen molar-refractivity contribution in [1.29, 1.82) is 0 Å². The molecule has 1 heteroatoms. The Balaban J connectivity index is 1.85. The predicted molar refractivity (Wildman–Crippen MR) is 235 cm³/mol. The van der Waals surface area contributed by atoms with Gasteiger partial charge in [-0.2, -0.15) is 0 Å². The molecule has 296 valence electrons. The van der Waals surface area contributed by atoms with Crippen molar-refractivity contribution in [1.82, 2.24) is 0 Å². The molecule has 2 atom stereocenters. The molecule has 0 fully saturated rings. The Morgan fingerprint density at radius 3 is 1.17 bits per heavy atom. The van der Waals surface area contributed by atoms with Gasteiger partial charge >= 0.3 is 0 Å². The zero-order valence-corrected chi connectivity index (χ0v) is 35.7. The van der Waals surface area contributed by atoms with E-state index in [9.17, 15) is 5.11 Å². The number of benzene rings is 3. The lowest BCUT2D eigenvalue weighted by molar-refractivity contribution is 0.464. The van der Waals surface area contributed by atoms with E-state index in [2.05, 4.69) is 90.1 Å². The highest BCUT2D eigenvalue weighted by Gasteiger charge is 2.21. The smallest absolute Gasteiger partial charge is 0.119 e. The first-order chi connectivity index (χ1) is 25.9. The van der Waals surface area contributed by atoms with Gasteiger partial charge in [-0.3, -0.25) is 0 Å². The van der Waals surface area contributed by atoms with E-state index in [1.807, 2.05) is 6.07 Å². The van der Waals surface area contributed by atoms with E-state index < -0.39 is 0 Å². The summed E-state index contributed by atoms with van der Waals surface area (Å²) >= 11 is 0. The molecule has 0 bridgehead atoms. The zero-order valence-electron chi connectivity index (χ0n) is 35.7. The van der Waals surface area contributed by atoms with E-state index >= 15 is 0 Å². The van der Waals surface area contributed by atoms with Gasteiger partial charge in [-0.05, 0) is 127 Å². The van der Waals surface area contributed by atoms with Gasteiger partial charge in [0.2, 0.25) is 0 Å². The summed E-state index contributed by atoms with van der Waals surface area (Å²) < 4.78 is 0. The van der Waals surface area contributed by atoms with Crippen LogP contribution in [0.3, 0.4) is 0 Å². The molecule has 0 aliphatic rings. The number of rotatable bonds is 30. The summed E-state index contributed by atoms with van der Waals surface area (Å²) in [5, 5.41) is 11.4. The van der Waals surface area contributed by atoms with Crippen molar-refractivity contribution in [3.63, 3.8) is 0 Å². The average molecular weight is 723 g/mol. The highest BCUT2D eigenvalue weighted by atomic mass is 16.3. The number of unbranched alkanes of at least 4 members (excludes halogenated alkanes) is 16. The van der Waals surface area contributed by atoms with Gasteiger partial charge in [-0.25, -0.2) is 0 Å². The Bertz CT molecular complexity index is 1380. The summed E-state index contributed by atoms with van der Waals surface area (Å²) in [7, 11) is 0. The van der Waals surface area contributed by atoms with Crippen molar-refractivity contribution in [2.24, 2.45) is 0 Å². The second-order valence-corrected chi connectivity index (χ2v) is 16.8. The maximum absolute atomic E-state index is 11.4. The van der Waals surface area contributed by atoms with Gasteiger partial charge < -0.3 is 5.11 Å². The van der Waals surface area contributed by atoms with Crippen molar-refractivity contribution >= 4 is 0 Å². The van der Waals surface area contributed by atoms with Crippen LogP contribution in [0.5, 0.6) is 5.75 Å². The van der Waals surface area contributed by atoms with Crippen molar-refractivity contribution in [3.05, 3.63) is 99.1 Å². The molecule has 0 spiro atoms. The van der Waals surface area contributed by atoms with Crippen LogP contribution in [0.15, 0.2) is 54.6 Å². The minimum atomic E-state index is 0.359. The van der Waals surface area contributed by atoms with Gasteiger partial charge in [0, 0.05) is 0 Å². The van der Waals surface area contributed by atoms with Crippen molar-refractivity contribution in [3.8, 4) is 5.75 Å². The highest BCUT2D eigenvalue weighted by molar-refractivity contribution is 5.45. The Kier molecular flexibility index (Phi) is 22.9. The third kappa shape index (κ3) is 16.0. The van der Waals surface area contributed by atoms with E-state index in [1.165, 1.54) is 171 Å². The Hall–Kier alpha value is -2.54. The third-order valence-electron chi connectivity index (χ3n) is 12.1. The fraction of sp³-hybridized carbons (Fsp3) is 0.654. The summed E-state index contributed by atoms with van der Waals surface area (Å²) in [6, 6.07) is 20.7. The fourth-order valence-electron chi connectivity index (χ4n) is 8.86. The number of aryl methyl sites for hydroxylation is 2. The molecule has 3 rings (SSSR count). The topological polar surface area (TPSA) is 20.2 Å². The van der Waals surface area contributed by atoms with Crippen LogP contribution in [-0.2, 0) is 38.5 Å². The summed E-state index contributed by atoms with van der Waals surface area (Å²) in [6.45, 7) is 14.1. The zero-order chi connectivity index (χ0) is 38.1. The molecular weight excluding hydrogens is 641 g/mol. The number of hydrogen-bond donors (Lipinski definition) is 1. The predicted octanol–water partition coefficient (Wildman–Crippen LogP) is 16.1. The van der Waals surface area contributed by atoms with Gasteiger partial charge in [0.1, 0.15) is 5.75 Å². The lowest BCUT2D eigenvalue weighted by Gasteiger charge is -2.24. The molecule has 53 heavy (non-hydrogen) atoms. The summed E-state index contributed by atoms with van der Waals surface area (Å²) in [4.78, 5) is 0. The average Bonchev–Trinajstić information content (AvgIpc) is 3.16. The second-order valence-electron chi connectivity index (χ2n) is 16.8. The lowest BCUT2D eigenvalue weighted by Crippen LogP contribution is -2.10. The standard InChI is InChI=1S/C52H82O/c1-7-11-15-19-23-30-44-32-27-37-47(49(44)35-25-21-17-13-9-3)42(5)40-46-34-29-39-52(53)51(46)41-43(6)48-38-28-33-45(31-24-20-16-12-8-2)50(48)36-26-22-18-14-10-4/h27-29,32-34,37-39,42-43,53H,7-26,30-31,35-36,40-41H2,1-6H3. The molecule has 3 aromatic rings. The minimum Gasteiger partial charge on any atom is -0.508 e. The summed E-state index contributed by atoms with van der Waals surface area (Å²) in [5.41, 5.74) is 12.0. The number of phenolic OH excluding ortho intramolecular Hbond substituents is 1. The molecule has 0 aliphatic heterocycles. The maximum Gasteiger partial charge on any atom is 0.119 e. The number of hydrogen-bond acceptors (Lipinski definition) is 1. The van der Waals surface area contributed by atoms with Gasteiger partial charge in [0.25, 0.3) is 0 Å². The van der Waals surface area contributed by atoms with Crippen LogP contribution in [0.25, 0.3) is 0 Å². The van der Waals surface area contributed by atoms with Crippen molar-refractivity contribution in [2.75, 3.05) is 0 Å². The monoisotopic (exact) mass is 723 g/mol. The van der Waals surface area contributed by atoms with Gasteiger partial charge in [-0.1, -0.05) is 193 Å². The summed E-state index contributed by atoms with van der Waals surface area (Å²) in [6.07, 6.45) is 33.2. The Morgan fingerprint density at radius 1 is 0.377 bits per heavy atom. The van der Waals surface area contributed by atoms with E-state index in [0.717, 1.165) is 12.8 Å². The largest absolute Gasteiger partial charge is 0.508 e. The number of aromatic hydroxyl groups is 1. The molecule has 2 unspecified atom stereocenters. The van der Waals surface area contributed by atoms with Crippen LogP contribution in [0.4, 0.5) is 0 Å². The molecule has 0 aromatic heterocycles. The van der Waals surface area contributed by atoms with Crippen molar-refractivity contribution in [2.45, 2.75) is 220 Å². The van der Waals surface area contributed by atoms with E-state index in [-0.39, 0.29) is 0 Å². The highest BCUT2D eigenvalue weighted by Crippen LogP contribution is 2.36. The van der Waals surface area contributed by atoms with E-state index in [4.69, 9.17) is 0 Å².